The number of aliphatic hydroxyl groups is 3. The molecule has 1 aliphatic heterocycles. The van der Waals surface area contributed by atoms with Crippen LogP contribution >= 0.6 is 0 Å². The third-order valence-corrected chi connectivity index (χ3v) is 13.8. The fraction of sp³-hybridized carbons (Fsp3) is 0.944. The first kappa shape index (κ1) is 31.9. The lowest BCUT2D eigenvalue weighted by Gasteiger charge is -2.58. The second-order valence-electron chi connectivity index (χ2n) is 16.0. The van der Waals surface area contributed by atoms with E-state index >= 15 is 0 Å². The molecule has 14 atom stereocenters. The van der Waals surface area contributed by atoms with Crippen molar-refractivity contribution in [1.29, 1.82) is 0 Å². The number of aliphatic hydroxyl groups excluding tert-OH is 3. The average Bonchev–Trinajstić information content (AvgIpc) is 3.30. The van der Waals surface area contributed by atoms with Crippen LogP contribution in [-0.4, -0.2) is 52.6 Å². The van der Waals surface area contributed by atoms with Crippen LogP contribution in [0.4, 0.5) is 0 Å². The van der Waals surface area contributed by atoms with Gasteiger partial charge in [0.2, 0.25) is 0 Å². The number of fused-ring (bicyclic) bond motifs is 5. The van der Waals surface area contributed by atoms with Crippen LogP contribution < -0.4 is 0 Å². The van der Waals surface area contributed by atoms with Gasteiger partial charge in [0.1, 0.15) is 12.2 Å². The molecule has 0 aromatic heterocycles. The van der Waals surface area contributed by atoms with Gasteiger partial charge in [-0.15, -0.1) is 0 Å². The van der Waals surface area contributed by atoms with E-state index in [1.54, 1.807) is 12.5 Å². The Kier molecular flexibility index (Phi) is 9.74. The molecule has 5 rings (SSSR count). The molecule has 41 heavy (non-hydrogen) atoms. The summed E-state index contributed by atoms with van der Waals surface area (Å²) in [7, 11) is 0. The molecule has 0 aromatic carbocycles. The van der Waals surface area contributed by atoms with E-state index in [9.17, 15) is 15.3 Å². The van der Waals surface area contributed by atoms with Gasteiger partial charge in [-0.3, -0.25) is 0 Å². The topological polar surface area (TPSA) is 79.2 Å². The third kappa shape index (κ3) is 5.74. The van der Waals surface area contributed by atoms with Crippen molar-refractivity contribution in [1.82, 2.24) is 0 Å². The summed E-state index contributed by atoms with van der Waals surface area (Å²) in [5.74, 6) is 5.43. The van der Waals surface area contributed by atoms with Crippen molar-refractivity contribution in [2.45, 2.75) is 150 Å². The summed E-state index contributed by atoms with van der Waals surface area (Å²) < 4.78 is 12.2. The molecule has 4 aliphatic carbocycles. The smallest absolute Gasteiger partial charge is 0.184 e. The molecule has 0 amide bonds. The van der Waals surface area contributed by atoms with Crippen LogP contribution in [0.1, 0.15) is 119 Å². The van der Waals surface area contributed by atoms with Crippen molar-refractivity contribution >= 4 is 0 Å². The van der Waals surface area contributed by atoms with E-state index in [0.29, 0.717) is 5.41 Å². The van der Waals surface area contributed by atoms with Crippen molar-refractivity contribution in [2.75, 3.05) is 6.61 Å². The molecule has 1 heterocycles. The highest BCUT2D eigenvalue weighted by Gasteiger charge is 2.59. The van der Waals surface area contributed by atoms with E-state index in [2.05, 4.69) is 47.6 Å². The standard InChI is InChI=1S/C36H62O5/c1-8-24(21(2)3)10-9-22(4)28-13-14-29-27-12-11-25-19-26(15-17-35(25,6)30(27)16-18-36(28,29)7)40-34-33(39)23(5)32(38)31(20-37)41-34/h11,21-24,26-34,37-39H,8-10,12-20H2,1-7H3. The maximum atomic E-state index is 10.8. The summed E-state index contributed by atoms with van der Waals surface area (Å²) in [4.78, 5) is 0. The fourth-order valence-corrected chi connectivity index (χ4v) is 11.0. The predicted molar refractivity (Wildman–Crippen MR) is 164 cm³/mol. The van der Waals surface area contributed by atoms with Crippen LogP contribution in [0.3, 0.4) is 0 Å². The third-order valence-electron chi connectivity index (χ3n) is 13.8. The zero-order valence-electron chi connectivity index (χ0n) is 27.2. The van der Waals surface area contributed by atoms with Gasteiger partial charge < -0.3 is 24.8 Å². The second-order valence-corrected chi connectivity index (χ2v) is 16.0. The number of allylic oxidation sites excluding steroid dienone is 1. The van der Waals surface area contributed by atoms with Crippen LogP contribution in [0, 0.1) is 58.2 Å². The van der Waals surface area contributed by atoms with Gasteiger partial charge in [0.15, 0.2) is 6.29 Å². The molecule has 0 aromatic rings. The highest BCUT2D eigenvalue weighted by Crippen LogP contribution is 2.67. The molecule has 236 valence electrons. The van der Waals surface area contributed by atoms with Crippen molar-refractivity contribution in [3.63, 3.8) is 0 Å². The van der Waals surface area contributed by atoms with Crippen LogP contribution in [0.2, 0.25) is 0 Å². The number of ether oxygens (including phenoxy) is 2. The number of rotatable bonds is 9. The summed E-state index contributed by atoms with van der Waals surface area (Å²) in [5, 5.41) is 30.7. The largest absolute Gasteiger partial charge is 0.394 e. The van der Waals surface area contributed by atoms with Crippen LogP contribution in [0.15, 0.2) is 11.6 Å². The van der Waals surface area contributed by atoms with Crippen LogP contribution in [-0.2, 0) is 9.47 Å². The normalized spacial score (nSPS) is 47.7. The first-order valence-corrected chi connectivity index (χ1v) is 17.4. The van der Waals surface area contributed by atoms with Gasteiger partial charge >= 0.3 is 0 Å². The molecule has 0 bridgehead atoms. The van der Waals surface area contributed by atoms with Crippen molar-refractivity contribution in [3.8, 4) is 0 Å². The quantitative estimate of drug-likeness (QED) is 0.256. The molecule has 3 N–H and O–H groups in total. The molecule has 5 nitrogen and oxygen atoms in total. The van der Waals surface area contributed by atoms with E-state index in [1.165, 1.54) is 51.4 Å². The molecule has 5 aliphatic rings. The van der Waals surface area contributed by atoms with Gasteiger partial charge in [-0.2, -0.15) is 0 Å². The molecular weight excluding hydrogens is 512 g/mol. The molecule has 3 saturated carbocycles. The maximum absolute atomic E-state index is 10.8. The Morgan fingerprint density at radius 1 is 1.00 bits per heavy atom. The zero-order chi connectivity index (χ0) is 29.7. The molecular formula is C36H62O5. The van der Waals surface area contributed by atoms with E-state index < -0.39 is 30.5 Å². The van der Waals surface area contributed by atoms with Gasteiger partial charge in [0.05, 0.1) is 18.8 Å². The van der Waals surface area contributed by atoms with Crippen molar-refractivity contribution in [3.05, 3.63) is 11.6 Å². The number of hydrogen-bond donors (Lipinski definition) is 3. The van der Waals surface area contributed by atoms with Gasteiger partial charge in [0.25, 0.3) is 0 Å². The summed E-state index contributed by atoms with van der Waals surface area (Å²) in [6.45, 7) is 16.5. The minimum absolute atomic E-state index is 0.00987. The minimum Gasteiger partial charge on any atom is -0.394 e. The predicted octanol–water partition coefficient (Wildman–Crippen LogP) is 7.12. The van der Waals surface area contributed by atoms with Crippen LogP contribution in [0.25, 0.3) is 0 Å². The molecule has 1 saturated heterocycles. The van der Waals surface area contributed by atoms with Gasteiger partial charge in [-0.05, 0) is 110 Å². The Bertz CT molecular complexity index is 916. The highest BCUT2D eigenvalue weighted by atomic mass is 16.7. The summed E-state index contributed by atoms with van der Waals surface area (Å²) >= 11 is 0. The minimum atomic E-state index is -0.891. The van der Waals surface area contributed by atoms with Gasteiger partial charge in [-0.1, -0.05) is 73.0 Å². The summed E-state index contributed by atoms with van der Waals surface area (Å²) in [5.41, 5.74) is 2.32. The lowest BCUT2D eigenvalue weighted by Crippen LogP contribution is -2.56. The van der Waals surface area contributed by atoms with Crippen molar-refractivity contribution < 1.29 is 24.8 Å². The Balaban J connectivity index is 1.24. The Morgan fingerprint density at radius 3 is 2.44 bits per heavy atom. The van der Waals surface area contributed by atoms with Gasteiger partial charge in [-0.25, -0.2) is 0 Å². The first-order valence-electron chi connectivity index (χ1n) is 17.4. The fourth-order valence-electron chi connectivity index (χ4n) is 11.0. The first-order chi connectivity index (χ1) is 19.4. The monoisotopic (exact) mass is 574 g/mol. The number of hydrogen-bond acceptors (Lipinski definition) is 5. The Hall–Kier alpha value is -0.460. The second kappa shape index (κ2) is 12.5. The molecule has 4 fully saturated rings. The Morgan fingerprint density at radius 2 is 1.76 bits per heavy atom. The van der Waals surface area contributed by atoms with E-state index in [-0.39, 0.29) is 18.1 Å². The lowest BCUT2D eigenvalue weighted by molar-refractivity contribution is -0.301. The van der Waals surface area contributed by atoms with Crippen LogP contribution in [0.5, 0.6) is 0 Å². The maximum Gasteiger partial charge on any atom is 0.184 e. The molecule has 14 unspecified atom stereocenters. The summed E-state index contributed by atoms with van der Waals surface area (Å²) in [6, 6.07) is 0. The van der Waals surface area contributed by atoms with Crippen molar-refractivity contribution in [2.24, 2.45) is 58.2 Å². The van der Waals surface area contributed by atoms with E-state index in [4.69, 9.17) is 9.47 Å². The SMILES string of the molecule is CCC(CCC(C)C1CCC2C3CC=C4CC(OC5OC(CO)C(O)C(C)C5O)CCC4(C)C3CCC12C)C(C)C. The zero-order valence-corrected chi connectivity index (χ0v) is 27.2. The van der Waals surface area contributed by atoms with Gasteiger partial charge in [0, 0.05) is 5.92 Å². The van der Waals surface area contributed by atoms with E-state index in [1.807, 2.05) is 0 Å². The summed E-state index contributed by atoms with van der Waals surface area (Å²) in [6.07, 6.45) is 13.3. The van der Waals surface area contributed by atoms with E-state index in [0.717, 1.165) is 60.7 Å². The highest BCUT2D eigenvalue weighted by molar-refractivity contribution is 5.25. The lowest BCUT2D eigenvalue weighted by atomic mass is 9.47. The average molecular weight is 575 g/mol. The molecule has 0 radical (unpaired) electrons. The molecule has 0 spiro atoms. The Labute approximate surface area is 250 Å². The molecule has 5 heteroatoms.